The molecule has 0 unspecified atom stereocenters. The third kappa shape index (κ3) is 7.23. The van der Waals surface area contributed by atoms with Crippen LogP contribution in [-0.2, 0) is 0 Å². The summed E-state index contributed by atoms with van der Waals surface area (Å²) >= 11 is 0. The fourth-order valence-corrected chi connectivity index (χ4v) is 3.93. The zero-order chi connectivity index (χ0) is 27.6. The van der Waals surface area contributed by atoms with Gasteiger partial charge in [-0.25, -0.2) is 9.98 Å². The van der Waals surface area contributed by atoms with E-state index in [2.05, 4.69) is 39.0 Å². The van der Waals surface area contributed by atoms with Crippen LogP contribution in [0.15, 0.2) is 113 Å². The maximum absolute atomic E-state index is 6.41. The quantitative estimate of drug-likeness (QED) is 0.122. The fraction of sp³-hybridized carbons (Fsp3) is 0.129. The van der Waals surface area contributed by atoms with Gasteiger partial charge < -0.3 is 27.3 Å². The molecule has 0 spiro atoms. The van der Waals surface area contributed by atoms with E-state index in [4.69, 9.17) is 21.9 Å². The Hall–Kier alpha value is -5.11. The number of fused-ring (bicyclic) bond motifs is 1. The van der Waals surface area contributed by atoms with Gasteiger partial charge in [-0.15, -0.1) is 0 Å². The largest absolute Gasteiger partial charge is 0.494 e. The number of nitrogens with two attached hydrogens (primary N) is 3. The molecule has 0 saturated heterocycles. The molecule has 0 aliphatic carbocycles. The van der Waals surface area contributed by atoms with Crippen LogP contribution in [0.2, 0.25) is 0 Å². The second-order valence-corrected chi connectivity index (χ2v) is 8.78. The monoisotopic (exact) mass is 519 g/mol. The number of nitrogens with one attached hydrogen (secondary N) is 1. The molecule has 0 saturated carbocycles. The van der Waals surface area contributed by atoms with Gasteiger partial charge in [-0.1, -0.05) is 43.0 Å². The van der Waals surface area contributed by atoms with Crippen LogP contribution in [0.5, 0.6) is 5.75 Å². The third-order valence-electron chi connectivity index (χ3n) is 6.03. The van der Waals surface area contributed by atoms with E-state index in [0.717, 1.165) is 46.2 Å². The topological polar surface area (TPSA) is 136 Å². The zero-order valence-corrected chi connectivity index (χ0v) is 22.0. The van der Waals surface area contributed by atoms with Crippen LogP contribution in [0.4, 0.5) is 17.1 Å². The molecule has 4 aromatic carbocycles. The van der Waals surface area contributed by atoms with Crippen LogP contribution in [0.3, 0.4) is 0 Å². The number of anilines is 1. The Morgan fingerprint density at radius 1 is 0.846 bits per heavy atom. The van der Waals surface area contributed by atoms with Crippen LogP contribution in [-0.4, -0.2) is 37.7 Å². The van der Waals surface area contributed by atoms with Crippen molar-refractivity contribution < 1.29 is 4.74 Å². The van der Waals surface area contributed by atoms with E-state index in [0.29, 0.717) is 35.5 Å². The Kier molecular flexibility index (Phi) is 8.92. The second-order valence-electron chi connectivity index (χ2n) is 8.78. The predicted molar refractivity (Wildman–Crippen MR) is 164 cm³/mol. The molecule has 4 rings (SSSR count). The molecule has 0 amide bonds. The van der Waals surface area contributed by atoms with E-state index < -0.39 is 0 Å². The number of benzene rings is 4. The minimum atomic E-state index is 0.385. The van der Waals surface area contributed by atoms with Gasteiger partial charge in [-0.05, 0) is 71.8 Å². The average Bonchev–Trinajstić information content (AvgIpc) is 2.97. The Balaban J connectivity index is 1.48. The molecule has 8 heteroatoms. The lowest BCUT2D eigenvalue weighted by Crippen LogP contribution is -2.14. The first kappa shape index (κ1) is 26.9. The molecule has 0 bridgehead atoms. The first-order chi connectivity index (χ1) is 19.0. The number of methoxy groups -OCH3 is 1. The van der Waals surface area contributed by atoms with Gasteiger partial charge in [-0.2, -0.15) is 0 Å². The van der Waals surface area contributed by atoms with Crippen LogP contribution in [0.25, 0.3) is 10.8 Å². The van der Waals surface area contributed by atoms with E-state index in [1.807, 2.05) is 72.8 Å². The number of amidine groups is 3. The van der Waals surface area contributed by atoms with E-state index >= 15 is 0 Å². The Morgan fingerprint density at radius 2 is 1.54 bits per heavy atom. The van der Waals surface area contributed by atoms with Crippen molar-refractivity contribution in [3.8, 4) is 5.75 Å². The number of aliphatic imine (C=N–C) groups is 3. The second kappa shape index (κ2) is 12.9. The molecule has 0 aromatic heterocycles. The van der Waals surface area contributed by atoms with Gasteiger partial charge in [0.05, 0.1) is 12.8 Å². The SMILES string of the molecule is C=CC(N)=NCCCNc1ccc2cc(C(N)=Nc3ccc(C(N)=Nc4ccccc4)cc3OC)ccc2c1. The normalized spacial score (nSPS) is 12.4. The molecule has 0 aliphatic heterocycles. The highest BCUT2D eigenvalue weighted by atomic mass is 16.5. The Bertz CT molecular complexity index is 1540. The highest BCUT2D eigenvalue weighted by molar-refractivity contribution is 6.03. The van der Waals surface area contributed by atoms with E-state index in [9.17, 15) is 0 Å². The summed E-state index contributed by atoms with van der Waals surface area (Å²) in [6.07, 6.45) is 2.42. The molecule has 7 N–H and O–H groups in total. The molecule has 4 aromatic rings. The Labute approximate surface area is 228 Å². The van der Waals surface area contributed by atoms with E-state index in [1.54, 1.807) is 13.2 Å². The van der Waals surface area contributed by atoms with E-state index in [1.165, 1.54) is 0 Å². The summed E-state index contributed by atoms with van der Waals surface area (Å²) in [5.41, 5.74) is 22.2. The van der Waals surface area contributed by atoms with Crippen LogP contribution in [0.1, 0.15) is 17.5 Å². The number of hydrogen-bond acceptors (Lipinski definition) is 5. The molecule has 39 heavy (non-hydrogen) atoms. The van der Waals surface area contributed by atoms with Gasteiger partial charge in [0.1, 0.15) is 28.9 Å². The molecule has 0 heterocycles. The number of ether oxygens (including phenoxy) is 1. The Morgan fingerprint density at radius 3 is 2.31 bits per heavy atom. The first-order valence-corrected chi connectivity index (χ1v) is 12.6. The van der Waals surface area contributed by atoms with Crippen molar-refractivity contribution in [2.75, 3.05) is 25.5 Å². The predicted octanol–water partition coefficient (Wildman–Crippen LogP) is 5.27. The first-order valence-electron chi connectivity index (χ1n) is 12.6. The van der Waals surface area contributed by atoms with Crippen molar-refractivity contribution in [2.45, 2.75) is 6.42 Å². The van der Waals surface area contributed by atoms with Crippen molar-refractivity contribution in [3.05, 3.63) is 109 Å². The zero-order valence-electron chi connectivity index (χ0n) is 22.0. The molecular formula is C31H33N7O. The summed E-state index contributed by atoms with van der Waals surface area (Å²) in [5, 5.41) is 5.58. The molecule has 0 atom stereocenters. The maximum atomic E-state index is 6.41. The van der Waals surface area contributed by atoms with Gasteiger partial charge in [-0.3, -0.25) is 4.99 Å². The van der Waals surface area contributed by atoms with Crippen molar-refractivity contribution in [3.63, 3.8) is 0 Å². The highest BCUT2D eigenvalue weighted by Gasteiger charge is 2.09. The van der Waals surface area contributed by atoms with Crippen LogP contribution in [0, 0.1) is 0 Å². The molecule has 198 valence electrons. The van der Waals surface area contributed by atoms with Crippen molar-refractivity contribution in [2.24, 2.45) is 32.2 Å². The summed E-state index contributed by atoms with van der Waals surface area (Å²) in [6, 6.07) is 27.3. The highest BCUT2D eigenvalue weighted by Crippen LogP contribution is 2.30. The molecule has 8 nitrogen and oxygen atoms in total. The van der Waals surface area contributed by atoms with Gasteiger partial charge in [0, 0.05) is 29.9 Å². The summed E-state index contributed by atoms with van der Waals surface area (Å²) in [7, 11) is 1.59. The van der Waals surface area contributed by atoms with Crippen molar-refractivity contribution in [1.82, 2.24) is 0 Å². The van der Waals surface area contributed by atoms with Crippen LogP contribution >= 0.6 is 0 Å². The average molecular weight is 520 g/mol. The number of rotatable bonds is 11. The standard InChI is InChI=1S/C31H33N7O/c1-3-29(32)36-17-7-16-35-26-14-12-21-18-23(11-10-22(21)19-26)31(34)38-27-15-13-24(20-28(27)39-2)30(33)37-25-8-5-4-6-9-25/h3-6,8-15,18-20,35H,1,7,16-17H2,2H3,(H2,32,36)(H2,33,37)(H2,34,38). The summed E-state index contributed by atoms with van der Waals surface area (Å²) < 4.78 is 5.57. The minimum Gasteiger partial charge on any atom is -0.494 e. The molecule has 0 radical (unpaired) electrons. The lowest BCUT2D eigenvalue weighted by atomic mass is 10.1. The molecular weight excluding hydrogens is 486 g/mol. The van der Waals surface area contributed by atoms with Gasteiger partial charge in [0.2, 0.25) is 0 Å². The molecule has 0 aliphatic rings. The van der Waals surface area contributed by atoms with Crippen molar-refractivity contribution in [1.29, 1.82) is 0 Å². The summed E-state index contributed by atoms with van der Waals surface area (Å²) in [4.78, 5) is 13.3. The van der Waals surface area contributed by atoms with E-state index in [-0.39, 0.29) is 0 Å². The fourth-order valence-electron chi connectivity index (χ4n) is 3.93. The van der Waals surface area contributed by atoms with Crippen molar-refractivity contribution >= 4 is 45.3 Å². The summed E-state index contributed by atoms with van der Waals surface area (Å²) in [5.74, 6) is 1.79. The summed E-state index contributed by atoms with van der Waals surface area (Å²) in [6.45, 7) is 5.05. The molecule has 0 fully saturated rings. The van der Waals surface area contributed by atoms with Gasteiger partial charge >= 0.3 is 0 Å². The van der Waals surface area contributed by atoms with Gasteiger partial charge in [0.15, 0.2) is 0 Å². The van der Waals surface area contributed by atoms with Gasteiger partial charge in [0.25, 0.3) is 0 Å². The number of nitrogens with zero attached hydrogens (tertiary/aromatic N) is 3. The lowest BCUT2D eigenvalue weighted by Gasteiger charge is -2.10. The number of hydrogen-bond donors (Lipinski definition) is 4. The maximum Gasteiger partial charge on any atom is 0.145 e. The smallest absolute Gasteiger partial charge is 0.145 e. The minimum absolute atomic E-state index is 0.385. The number of para-hydroxylation sites is 1. The van der Waals surface area contributed by atoms with Crippen LogP contribution < -0.4 is 27.3 Å². The third-order valence-corrected chi connectivity index (χ3v) is 6.03. The lowest BCUT2D eigenvalue weighted by molar-refractivity contribution is 0.416.